The predicted octanol–water partition coefficient (Wildman–Crippen LogP) is 3.92. The topological polar surface area (TPSA) is 41.4 Å². The highest BCUT2D eigenvalue weighted by atomic mass is 16.2. The van der Waals surface area contributed by atoms with Gasteiger partial charge in [-0.2, -0.15) is 0 Å². The number of hydrogen-bond donors (Lipinski definition) is 0. The van der Waals surface area contributed by atoms with Crippen LogP contribution < -0.4 is 0 Å². The first-order chi connectivity index (χ1) is 14.8. The summed E-state index contributed by atoms with van der Waals surface area (Å²) in [5.41, 5.74) is 3.53. The van der Waals surface area contributed by atoms with Crippen LogP contribution in [-0.2, 0) is 17.9 Å². The SMILES string of the molecule is O=C(C1CCCC1)N1CCN(Cc2nc3ccccc3n2Cc2ccccc2)CC1. The van der Waals surface area contributed by atoms with Crippen molar-refractivity contribution in [2.75, 3.05) is 26.2 Å². The van der Waals surface area contributed by atoms with Gasteiger partial charge in [0.05, 0.1) is 17.6 Å². The molecule has 30 heavy (non-hydrogen) atoms. The maximum atomic E-state index is 12.7. The third-order valence-electron chi connectivity index (χ3n) is 6.67. The van der Waals surface area contributed by atoms with E-state index in [0.717, 1.165) is 63.5 Å². The molecule has 2 aromatic carbocycles. The molecule has 1 aliphatic heterocycles. The van der Waals surface area contributed by atoms with Crippen molar-refractivity contribution in [3.63, 3.8) is 0 Å². The van der Waals surface area contributed by atoms with E-state index < -0.39 is 0 Å². The van der Waals surface area contributed by atoms with Crippen LogP contribution in [0.3, 0.4) is 0 Å². The highest BCUT2D eigenvalue weighted by molar-refractivity contribution is 5.79. The van der Waals surface area contributed by atoms with Crippen LogP contribution >= 0.6 is 0 Å². The van der Waals surface area contributed by atoms with E-state index in [0.29, 0.717) is 5.91 Å². The van der Waals surface area contributed by atoms with Gasteiger partial charge in [-0.15, -0.1) is 0 Å². The smallest absolute Gasteiger partial charge is 0.225 e. The van der Waals surface area contributed by atoms with Crippen molar-refractivity contribution in [2.24, 2.45) is 5.92 Å². The van der Waals surface area contributed by atoms with Crippen LogP contribution in [-0.4, -0.2) is 51.4 Å². The van der Waals surface area contributed by atoms with Crippen molar-refractivity contribution >= 4 is 16.9 Å². The molecule has 2 aliphatic rings. The molecule has 0 atom stereocenters. The van der Waals surface area contributed by atoms with Gasteiger partial charge in [-0.3, -0.25) is 9.69 Å². The zero-order chi connectivity index (χ0) is 20.3. The average molecular weight is 403 g/mol. The van der Waals surface area contributed by atoms with E-state index in [1.807, 2.05) is 0 Å². The van der Waals surface area contributed by atoms with Gasteiger partial charge in [0.15, 0.2) is 0 Å². The van der Waals surface area contributed by atoms with Crippen molar-refractivity contribution in [2.45, 2.75) is 38.8 Å². The second kappa shape index (κ2) is 8.60. The van der Waals surface area contributed by atoms with E-state index in [1.54, 1.807) is 0 Å². The highest BCUT2D eigenvalue weighted by Crippen LogP contribution is 2.27. The van der Waals surface area contributed by atoms with Gasteiger partial charge >= 0.3 is 0 Å². The molecule has 1 saturated heterocycles. The van der Waals surface area contributed by atoms with Crippen LogP contribution in [0.25, 0.3) is 11.0 Å². The van der Waals surface area contributed by atoms with Crippen LogP contribution in [0.5, 0.6) is 0 Å². The van der Waals surface area contributed by atoms with E-state index in [4.69, 9.17) is 4.98 Å². The number of piperazine rings is 1. The number of para-hydroxylation sites is 2. The fourth-order valence-electron chi connectivity index (χ4n) is 4.95. The summed E-state index contributed by atoms with van der Waals surface area (Å²) in [5, 5.41) is 0. The van der Waals surface area contributed by atoms with Gasteiger partial charge in [0, 0.05) is 38.6 Å². The summed E-state index contributed by atoms with van der Waals surface area (Å²) in [6.07, 6.45) is 4.60. The Hall–Kier alpha value is -2.66. The van der Waals surface area contributed by atoms with E-state index in [1.165, 1.54) is 23.9 Å². The number of benzene rings is 2. The number of carbonyl (C=O) groups excluding carboxylic acids is 1. The summed E-state index contributed by atoms with van der Waals surface area (Å²) in [6.45, 7) is 5.19. The second-order valence-corrected chi connectivity index (χ2v) is 8.67. The van der Waals surface area contributed by atoms with Crippen LogP contribution in [0, 0.1) is 5.92 Å². The lowest BCUT2D eigenvalue weighted by Crippen LogP contribution is -2.49. The number of hydrogen-bond acceptors (Lipinski definition) is 3. The Morgan fingerprint density at radius 3 is 2.33 bits per heavy atom. The van der Waals surface area contributed by atoms with Crippen molar-refractivity contribution < 1.29 is 4.79 Å². The minimum atomic E-state index is 0.284. The first-order valence-corrected chi connectivity index (χ1v) is 11.3. The van der Waals surface area contributed by atoms with E-state index >= 15 is 0 Å². The maximum Gasteiger partial charge on any atom is 0.225 e. The Balaban J connectivity index is 1.30. The third kappa shape index (κ3) is 3.99. The zero-order valence-corrected chi connectivity index (χ0v) is 17.5. The lowest BCUT2D eigenvalue weighted by atomic mass is 10.1. The van der Waals surface area contributed by atoms with E-state index in [-0.39, 0.29) is 5.92 Å². The molecule has 2 fully saturated rings. The monoisotopic (exact) mass is 402 g/mol. The summed E-state index contributed by atoms with van der Waals surface area (Å²) in [7, 11) is 0. The van der Waals surface area contributed by atoms with Gasteiger partial charge in [0.1, 0.15) is 5.82 Å². The molecular weight excluding hydrogens is 372 g/mol. The number of fused-ring (bicyclic) bond motifs is 1. The van der Waals surface area contributed by atoms with Gasteiger partial charge in [-0.25, -0.2) is 4.98 Å². The number of rotatable bonds is 5. The van der Waals surface area contributed by atoms with Gasteiger partial charge in [0.25, 0.3) is 0 Å². The highest BCUT2D eigenvalue weighted by Gasteiger charge is 2.29. The molecule has 5 rings (SSSR count). The molecule has 1 aromatic heterocycles. The number of nitrogens with zero attached hydrogens (tertiary/aromatic N) is 4. The molecule has 0 unspecified atom stereocenters. The number of imidazole rings is 1. The summed E-state index contributed by atoms with van der Waals surface area (Å²) in [5.74, 6) is 1.78. The number of aromatic nitrogens is 2. The predicted molar refractivity (Wildman–Crippen MR) is 119 cm³/mol. The van der Waals surface area contributed by atoms with Gasteiger partial charge in [-0.1, -0.05) is 55.3 Å². The summed E-state index contributed by atoms with van der Waals surface area (Å²) < 4.78 is 2.35. The van der Waals surface area contributed by atoms with Crippen molar-refractivity contribution in [1.82, 2.24) is 19.4 Å². The Morgan fingerprint density at radius 2 is 1.57 bits per heavy atom. The Bertz CT molecular complexity index is 998. The fraction of sp³-hybridized carbons (Fsp3) is 0.440. The average Bonchev–Trinajstić information content (AvgIpc) is 3.44. The molecule has 1 aliphatic carbocycles. The lowest BCUT2D eigenvalue weighted by Gasteiger charge is -2.35. The second-order valence-electron chi connectivity index (χ2n) is 8.67. The first kappa shape index (κ1) is 19.3. The lowest BCUT2D eigenvalue weighted by molar-refractivity contribution is -0.137. The van der Waals surface area contributed by atoms with Gasteiger partial charge in [-0.05, 0) is 30.5 Å². The molecule has 5 heteroatoms. The van der Waals surface area contributed by atoms with E-state index in [2.05, 4.69) is 69.0 Å². The van der Waals surface area contributed by atoms with Crippen molar-refractivity contribution in [1.29, 1.82) is 0 Å². The van der Waals surface area contributed by atoms with Crippen molar-refractivity contribution in [3.8, 4) is 0 Å². The minimum absolute atomic E-state index is 0.284. The Labute approximate surface area is 178 Å². The molecule has 3 aromatic rings. The molecular formula is C25H30N4O. The minimum Gasteiger partial charge on any atom is -0.340 e. The molecule has 0 bridgehead atoms. The fourth-order valence-corrected chi connectivity index (χ4v) is 4.95. The molecule has 1 saturated carbocycles. The van der Waals surface area contributed by atoms with E-state index in [9.17, 15) is 4.79 Å². The zero-order valence-electron chi connectivity index (χ0n) is 17.5. The molecule has 0 radical (unpaired) electrons. The number of carbonyl (C=O) groups is 1. The van der Waals surface area contributed by atoms with Crippen LogP contribution in [0.1, 0.15) is 37.1 Å². The van der Waals surface area contributed by atoms with Crippen molar-refractivity contribution in [3.05, 3.63) is 66.0 Å². The molecule has 2 heterocycles. The first-order valence-electron chi connectivity index (χ1n) is 11.3. The molecule has 0 spiro atoms. The maximum absolute atomic E-state index is 12.7. The summed E-state index contributed by atoms with van der Waals surface area (Å²) >= 11 is 0. The molecule has 0 N–H and O–H groups in total. The summed E-state index contributed by atoms with van der Waals surface area (Å²) in [6, 6.07) is 19.0. The standard InChI is InChI=1S/C25H30N4O/c30-25(21-10-4-5-11-21)28-16-14-27(15-17-28)19-24-26-22-12-6-7-13-23(22)29(24)18-20-8-2-1-3-9-20/h1-3,6-9,12-13,21H,4-5,10-11,14-19H2. The summed E-state index contributed by atoms with van der Waals surface area (Å²) in [4.78, 5) is 22.2. The Morgan fingerprint density at radius 1 is 0.867 bits per heavy atom. The van der Waals surface area contributed by atoms with Gasteiger partial charge in [0.2, 0.25) is 5.91 Å². The normalized spacial score (nSPS) is 18.3. The largest absolute Gasteiger partial charge is 0.340 e. The van der Waals surface area contributed by atoms with Crippen LogP contribution in [0.2, 0.25) is 0 Å². The van der Waals surface area contributed by atoms with Gasteiger partial charge < -0.3 is 9.47 Å². The molecule has 156 valence electrons. The Kier molecular flexibility index (Phi) is 5.54. The third-order valence-corrected chi connectivity index (χ3v) is 6.67. The van der Waals surface area contributed by atoms with Crippen LogP contribution in [0.15, 0.2) is 54.6 Å². The quantitative estimate of drug-likeness (QED) is 0.650. The van der Waals surface area contributed by atoms with Crippen LogP contribution in [0.4, 0.5) is 0 Å². The number of amides is 1. The molecule has 5 nitrogen and oxygen atoms in total. The molecule has 1 amide bonds.